The van der Waals surface area contributed by atoms with Crippen molar-refractivity contribution in [2.75, 3.05) is 0 Å². The summed E-state index contributed by atoms with van der Waals surface area (Å²) in [5.41, 5.74) is 0. The standard InChI is InChI=1S/C17H31NO/c1-3-5-7-14-8-9-15-10-11-16(18(14)15)12-13-17(19)6-4-2/h14-16H,3-13H2,1-2H3. The van der Waals surface area contributed by atoms with Crippen LogP contribution in [0.1, 0.15) is 84.5 Å². The van der Waals surface area contributed by atoms with Crippen LogP contribution >= 0.6 is 0 Å². The number of hydrogen-bond acceptors (Lipinski definition) is 2. The first kappa shape index (κ1) is 15.0. The second kappa shape index (κ2) is 7.42. The van der Waals surface area contributed by atoms with Crippen LogP contribution in [0.3, 0.4) is 0 Å². The van der Waals surface area contributed by atoms with Crippen molar-refractivity contribution in [3.8, 4) is 0 Å². The molecule has 110 valence electrons. The summed E-state index contributed by atoms with van der Waals surface area (Å²) in [5.74, 6) is 0.482. The molecule has 0 aromatic heterocycles. The lowest BCUT2D eigenvalue weighted by Crippen LogP contribution is -2.38. The summed E-state index contributed by atoms with van der Waals surface area (Å²) in [7, 11) is 0. The van der Waals surface area contributed by atoms with Gasteiger partial charge in [-0.2, -0.15) is 0 Å². The van der Waals surface area contributed by atoms with E-state index in [-0.39, 0.29) is 0 Å². The Kier molecular flexibility index (Phi) is 5.87. The first-order valence-electron chi connectivity index (χ1n) is 8.55. The van der Waals surface area contributed by atoms with Crippen molar-refractivity contribution in [1.29, 1.82) is 0 Å². The van der Waals surface area contributed by atoms with Crippen molar-refractivity contribution < 1.29 is 4.79 Å². The predicted octanol–water partition coefficient (Wildman–Crippen LogP) is 4.32. The fourth-order valence-electron chi connectivity index (χ4n) is 4.16. The molecule has 2 heteroatoms. The maximum absolute atomic E-state index is 11.7. The van der Waals surface area contributed by atoms with Crippen LogP contribution in [0.5, 0.6) is 0 Å². The predicted molar refractivity (Wildman–Crippen MR) is 80.3 cm³/mol. The molecule has 2 rings (SSSR count). The molecule has 2 saturated heterocycles. The summed E-state index contributed by atoms with van der Waals surface area (Å²) in [6, 6.07) is 2.40. The van der Waals surface area contributed by atoms with Gasteiger partial charge < -0.3 is 0 Å². The van der Waals surface area contributed by atoms with Crippen LogP contribution in [-0.2, 0) is 4.79 Å². The minimum atomic E-state index is 0.482. The van der Waals surface area contributed by atoms with Crippen LogP contribution < -0.4 is 0 Å². The molecule has 3 atom stereocenters. The number of ketones is 1. The Labute approximate surface area is 118 Å². The zero-order valence-corrected chi connectivity index (χ0v) is 12.9. The van der Waals surface area contributed by atoms with Gasteiger partial charge in [-0.15, -0.1) is 0 Å². The number of fused-ring (bicyclic) bond motifs is 1. The van der Waals surface area contributed by atoms with Gasteiger partial charge in [-0.25, -0.2) is 0 Å². The Morgan fingerprint density at radius 2 is 1.63 bits per heavy atom. The number of carbonyl (C=O) groups excluding carboxylic acids is 1. The minimum absolute atomic E-state index is 0.482. The van der Waals surface area contributed by atoms with Crippen LogP contribution in [0.25, 0.3) is 0 Å². The third kappa shape index (κ3) is 3.81. The average Bonchev–Trinajstić information content (AvgIpc) is 2.96. The van der Waals surface area contributed by atoms with Gasteiger partial charge in [0.05, 0.1) is 0 Å². The van der Waals surface area contributed by atoms with Gasteiger partial charge in [0, 0.05) is 31.0 Å². The lowest BCUT2D eigenvalue weighted by atomic mass is 10.00. The molecule has 0 saturated carbocycles. The molecule has 0 spiro atoms. The molecule has 0 N–H and O–H groups in total. The first-order valence-corrected chi connectivity index (χ1v) is 8.55. The molecule has 3 unspecified atom stereocenters. The maximum Gasteiger partial charge on any atom is 0.132 e. The van der Waals surface area contributed by atoms with Gasteiger partial charge in [0.2, 0.25) is 0 Å². The number of Topliss-reactive ketones (excluding diaryl/α,β-unsaturated/α-hetero) is 1. The van der Waals surface area contributed by atoms with Crippen molar-refractivity contribution >= 4 is 5.78 Å². The van der Waals surface area contributed by atoms with Gasteiger partial charge in [-0.05, 0) is 44.9 Å². The summed E-state index contributed by atoms with van der Waals surface area (Å²) in [5, 5.41) is 0. The molecule has 2 nitrogen and oxygen atoms in total. The first-order chi connectivity index (χ1) is 9.26. The number of nitrogens with zero attached hydrogens (tertiary/aromatic N) is 1. The van der Waals surface area contributed by atoms with Crippen LogP contribution in [0.15, 0.2) is 0 Å². The highest BCUT2D eigenvalue weighted by Crippen LogP contribution is 2.40. The maximum atomic E-state index is 11.7. The summed E-state index contributed by atoms with van der Waals surface area (Å²) >= 11 is 0. The highest BCUT2D eigenvalue weighted by atomic mass is 16.1. The van der Waals surface area contributed by atoms with Crippen molar-refractivity contribution in [1.82, 2.24) is 4.90 Å². The van der Waals surface area contributed by atoms with E-state index in [1.165, 1.54) is 44.9 Å². The molecule has 0 bridgehead atoms. The van der Waals surface area contributed by atoms with Gasteiger partial charge in [0.1, 0.15) is 5.78 Å². The molecule has 0 aromatic rings. The molecule has 2 fully saturated rings. The lowest BCUT2D eigenvalue weighted by Gasteiger charge is -2.30. The van der Waals surface area contributed by atoms with Gasteiger partial charge in [0.25, 0.3) is 0 Å². The summed E-state index contributed by atoms with van der Waals surface area (Å²) in [4.78, 5) is 14.5. The fraction of sp³-hybridized carbons (Fsp3) is 0.941. The zero-order chi connectivity index (χ0) is 13.7. The lowest BCUT2D eigenvalue weighted by molar-refractivity contribution is -0.119. The van der Waals surface area contributed by atoms with Crippen LogP contribution in [0.2, 0.25) is 0 Å². The van der Waals surface area contributed by atoms with E-state index >= 15 is 0 Å². The third-order valence-corrected chi connectivity index (χ3v) is 5.11. The van der Waals surface area contributed by atoms with E-state index in [0.717, 1.165) is 43.8 Å². The van der Waals surface area contributed by atoms with E-state index in [0.29, 0.717) is 5.78 Å². The molecular weight excluding hydrogens is 234 g/mol. The van der Waals surface area contributed by atoms with Crippen molar-refractivity contribution in [2.24, 2.45) is 0 Å². The Morgan fingerprint density at radius 1 is 0.947 bits per heavy atom. The second-order valence-corrected chi connectivity index (χ2v) is 6.53. The van der Waals surface area contributed by atoms with Crippen LogP contribution in [0, 0.1) is 0 Å². The highest BCUT2D eigenvalue weighted by Gasteiger charge is 2.41. The van der Waals surface area contributed by atoms with E-state index in [1.54, 1.807) is 0 Å². The van der Waals surface area contributed by atoms with Crippen molar-refractivity contribution in [3.05, 3.63) is 0 Å². The third-order valence-electron chi connectivity index (χ3n) is 5.11. The molecule has 0 amide bonds. The Bertz CT molecular complexity index is 289. The van der Waals surface area contributed by atoms with Gasteiger partial charge in [0.15, 0.2) is 0 Å². The van der Waals surface area contributed by atoms with Crippen molar-refractivity contribution in [2.45, 2.75) is 103 Å². The van der Waals surface area contributed by atoms with Crippen LogP contribution in [-0.4, -0.2) is 28.8 Å². The highest BCUT2D eigenvalue weighted by molar-refractivity contribution is 5.78. The quantitative estimate of drug-likeness (QED) is 0.651. The molecular formula is C17H31NO. The number of hydrogen-bond donors (Lipinski definition) is 0. The van der Waals surface area contributed by atoms with Gasteiger partial charge >= 0.3 is 0 Å². The summed E-state index contributed by atoms with van der Waals surface area (Å²) in [6.45, 7) is 4.39. The molecule has 2 aliphatic heterocycles. The molecule has 0 aliphatic carbocycles. The number of unbranched alkanes of at least 4 members (excludes halogenated alkanes) is 1. The molecule has 0 aromatic carbocycles. The molecule has 2 heterocycles. The molecule has 19 heavy (non-hydrogen) atoms. The van der Waals surface area contributed by atoms with Crippen molar-refractivity contribution in [3.63, 3.8) is 0 Å². The summed E-state index contributed by atoms with van der Waals surface area (Å²) < 4.78 is 0. The zero-order valence-electron chi connectivity index (χ0n) is 12.9. The average molecular weight is 265 g/mol. The SMILES string of the molecule is CCCCC1CCC2CCC(CCC(=O)CCC)N12. The number of rotatable bonds is 8. The van der Waals surface area contributed by atoms with E-state index in [9.17, 15) is 4.79 Å². The molecule has 2 aliphatic rings. The van der Waals surface area contributed by atoms with Gasteiger partial charge in [-0.3, -0.25) is 9.69 Å². The number of carbonyl (C=O) groups is 1. The molecule has 0 radical (unpaired) electrons. The largest absolute Gasteiger partial charge is 0.300 e. The second-order valence-electron chi connectivity index (χ2n) is 6.53. The smallest absolute Gasteiger partial charge is 0.132 e. The van der Waals surface area contributed by atoms with Gasteiger partial charge in [-0.1, -0.05) is 26.7 Å². The monoisotopic (exact) mass is 265 g/mol. The minimum Gasteiger partial charge on any atom is -0.300 e. The van der Waals surface area contributed by atoms with E-state index < -0.39 is 0 Å². The Hall–Kier alpha value is -0.370. The van der Waals surface area contributed by atoms with Crippen LogP contribution in [0.4, 0.5) is 0 Å². The van der Waals surface area contributed by atoms with E-state index in [4.69, 9.17) is 0 Å². The Balaban J connectivity index is 1.82. The van der Waals surface area contributed by atoms with E-state index in [1.807, 2.05) is 0 Å². The fourth-order valence-corrected chi connectivity index (χ4v) is 4.16. The summed E-state index contributed by atoms with van der Waals surface area (Å²) in [6.07, 6.45) is 13.3. The van der Waals surface area contributed by atoms with E-state index in [2.05, 4.69) is 18.7 Å². The Morgan fingerprint density at radius 3 is 2.26 bits per heavy atom. The topological polar surface area (TPSA) is 20.3 Å². The normalized spacial score (nSPS) is 30.7.